The predicted molar refractivity (Wildman–Crippen MR) is 83.1 cm³/mol. The van der Waals surface area contributed by atoms with Crippen LogP contribution in [-0.4, -0.2) is 58.0 Å². The highest BCUT2D eigenvalue weighted by atomic mass is 35.5. The molecule has 1 aromatic carbocycles. The van der Waals surface area contributed by atoms with Crippen molar-refractivity contribution in [3.05, 3.63) is 28.8 Å². The van der Waals surface area contributed by atoms with Gasteiger partial charge in [0.15, 0.2) is 6.61 Å². The molecule has 1 saturated heterocycles. The van der Waals surface area contributed by atoms with Crippen LogP contribution in [0.3, 0.4) is 0 Å². The van der Waals surface area contributed by atoms with E-state index < -0.39 is 34.5 Å². The Morgan fingerprint density at radius 2 is 2.12 bits per heavy atom. The maximum absolute atomic E-state index is 12.0. The Balaban J connectivity index is 2.11. The SMILES string of the molecule is CNS(=O)(=O)c1ccc(Cl)c(C(=O)OCC(=O)N2CCNC2=O)c1. The number of esters is 1. The van der Waals surface area contributed by atoms with Gasteiger partial charge in [0.1, 0.15) is 0 Å². The molecule has 0 atom stereocenters. The number of urea groups is 1. The number of nitrogens with one attached hydrogen (secondary N) is 2. The van der Waals surface area contributed by atoms with E-state index in [1.165, 1.54) is 19.2 Å². The third kappa shape index (κ3) is 3.83. The molecule has 130 valence electrons. The smallest absolute Gasteiger partial charge is 0.340 e. The lowest BCUT2D eigenvalue weighted by Gasteiger charge is -2.12. The van der Waals surface area contributed by atoms with Crippen molar-refractivity contribution in [2.24, 2.45) is 0 Å². The predicted octanol–water partition coefficient (Wildman–Crippen LogP) is -0.0433. The van der Waals surface area contributed by atoms with Gasteiger partial charge in [-0.05, 0) is 25.2 Å². The van der Waals surface area contributed by atoms with Crippen LogP contribution in [0.25, 0.3) is 0 Å². The Morgan fingerprint density at radius 1 is 1.42 bits per heavy atom. The second-order valence-corrected chi connectivity index (χ2v) is 7.00. The summed E-state index contributed by atoms with van der Waals surface area (Å²) in [6.45, 7) is -0.147. The van der Waals surface area contributed by atoms with Gasteiger partial charge in [0.2, 0.25) is 10.0 Å². The van der Waals surface area contributed by atoms with Gasteiger partial charge in [-0.25, -0.2) is 22.7 Å². The summed E-state index contributed by atoms with van der Waals surface area (Å²) >= 11 is 5.87. The van der Waals surface area contributed by atoms with E-state index in [0.717, 1.165) is 11.0 Å². The summed E-state index contributed by atoms with van der Waals surface area (Å²) in [6.07, 6.45) is 0. The molecule has 9 nitrogen and oxygen atoms in total. The molecule has 0 bridgehead atoms. The van der Waals surface area contributed by atoms with Crippen molar-refractivity contribution in [2.75, 3.05) is 26.7 Å². The fraction of sp³-hybridized carbons (Fsp3) is 0.308. The third-order valence-corrected chi connectivity index (χ3v) is 4.96. The van der Waals surface area contributed by atoms with Crippen molar-refractivity contribution >= 4 is 39.5 Å². The number of hydrogen-bond donors (Lipinski definition) is 2. The van der Waals surface area contributed by atoms with Crippen LogP contribution in [0.15, 0.2) is 23.1 Å². The number of imide groups is 1. The minimum Gasteiger partial charge on any atom is -0.452 e. The maximum atomic E-state index is 12.0. The molecule has 1 fully saturated rings. The van der Waals surface area contributed by atoms with Crippen LogP contribution in [0.1, 0.15) is 10.4 Å². The van der Waals surface area contributed by atoms with Crippen molar-refractivity contribution in [3.63, 3.8) is 0 Å². The summed E-state index contributed by atoms with van der Waals surface area (Å²) in [5, 5.41) is 2.41. The number of sulfonamides is 1. The van der Waals surface area contributed by atoms with Crippen molar-refractivity contribution in [1.82, 2.24) is 14.9 Å². The first-order chi connectivity index (χ1) is 11.3. The Kier molecular flexibility index (Phi) is 5.42. The molecule has 0 spiro atoms. The van der Waals surface area contributed by atoms with E-state index in [2.05, 4.69) is 10.0 Å². The van der Waals surface area contributed by atoms with E-state index >= 15 is 0 Å². The van der Waals surface area contributed by atoms with Gasteiger partial charge in [-0.1, -0.05) is 11.6 Å². The van der Waals surface area contributed by atoms with Crippen molar-refractivity contribution < 1.29 is 27.5 Å². The number of nitrogens with zero attached hydrogens (tertiary/aromatic N) is 1. The molecule has 0 aromatic heterocycles. The number of carbonyl (C=O) groups excluding carboxylic acids is 3. The van der Waals surface area contributed by atoms with Crippen LogP contribution in [0, 0.1) is 0 Å². The quantitative estimate of drug-likeness (QED) is 0.696. The molecule has 1 aromatic rings. The molecule has 1 aliphatic rings. The summed E-state index contributed by atoms with van der Waals surface area (Å²) in [7, 11) is -2.54. The van der Waals surface area contributed by atoms with E-state index in [-0.39, 0.29) is 22.0 Å². The lowest BCUT2D eigenvalue weighted by molar-refractivity contribution is -0.130. The van der Waals surface area contributed by atoms with Crippen molar-refractivity contribution in [1.29, 1.82) is 0 Å². The van der Waals surface area contributed by atoms with Gasteiger partial charge in [0, 0.05) is 13.1 Å². The lowest BCUT2D eigenvalue weighted by Crippen LogP contribution is -2.37. The lowest BCUT2D eigenvalue weighted by atomic mass is 10.2. The van der Waals surface area contributed by atoms with Gasteiger partial charge in [-0.2, -0.15) is 0 Å². The highest BCUT2D eigenvalue weighted by Crippen LogP contribution is 2.21. The van der Waals surface area contributed by atoms with E-state index in [1.54, 1.807) is 0 Å². The van der Waals surface area contributed by atoms with Gasteiger partial charge in [-0.3, -0.25) is 9.69 Å². The van der Waals surface area contributed by atoms with Gasteiger partial charge in [0.25, 0.3) is 5.91 Å². The van der Waals surface area contributed by atoms with Crippen molar-refractivity contribution in [3.8, 4) is 0 Å². The fourth-order valence-electron chi connectivity index (χ4n) is 1.94. The van der Waals surface area contributed by atoms with Crippen molar-refractivity contribution in [2.45, 2.75) is 4.90 Å². The summed E-state index contributed by atoms with van der Waals surface area (Å²) in [6, 6.07) is 2.95. The summed E-state index contributed by atoms with van der Waals surface area (Å²) in [5.74, 6) is -1.66. The van der Waals surface area contributed by atoms with E-state index in [9.17, 15) is 22.8 Å². The molecule has 11 heteroatoms. The Labute approximate surface area is 143 Å². The molecular weight excluding hydrogens is 362 g/mol. The fourth-order valence-corrected chi connectivity index (χ4v) is 2.89. The molecule has 2 rings (SSSR count). The van der Waals surface area contributed by atoms with Crippen LogP contribution >= 0.6 is 11.6 Å². The number of rotatable bonds is 5. The number of amides is 3. The van der Waals surface area contributed by atoms with E-state index in [0.29, 0.717) is 6.54 Å². The highest BCUT2D eigenvalue weighted by molar-refractivity contribution is 7.89. The van der Waals surface area contributed by atoms with Crippen LogP contribution in [-0.2, 0) is 19.6 Å². The number of benzene rings is 1. The third-order valence-electron chi connectivity index (χ3n) is 3.22. The number of hydrogen-bond acceptors (Lipinski definition) is 6. The van der Waals surface area contributed by atoms with Crippen LogP contribution < -0.4 is 10.0 Å². The monoisotopic (exact) mass is 375 g/mol. The Hall–Kier alpha value is -2.17. The molecule has 3 amide bonds. The molecule has 1 heterocycles. The topological polar surface area (TPSA) is 122 Å². The molecule has 1 aliphatic heterocycles. The first kappa shape index (κ1) is 18.2. The largest absolute Gasteiger partial charge is 0.452 e. The molecule has 0 radical (unpaired) electrons. The molecule has 24 heavy (non-hydrogen) atoms. The number of ether oxygens (including phenoxy) is 1. The molecule has 0 unspecified atom stereocenters. The highest BCUT2D eigenvalue weighted by Gasteiger charge is 2.27. The normalized spacial score (nSPS) is 14.4. The first-order valence-corrected chi connectivity index (χ1v) is 8.61. The van der Waals surface area contributed by atoms with Crippen LogP contribution in [0.5, 0.6) is 0 Å². The first-order valence-electron chi connectivity index (χ1n) is 6.74. The zero-order valence-electron chi connectivity index (χ0n) is 12.5. The molecule has 0 aliphatic carbocycles. The maximum Gasteiger partial charge on any atom is 0.340 e. The van der Waals surface area contributed by atoms with Crippen LogP contribution in [0.2, 0.25) is 5.02 Å². The second-order valence-electron chi connectivity index (χ2n) is 4.70. The Bertz CT molecular complexity index is 795. The summed E-state index contributed by atoms with van der Waals surface area (Å²) in [4.78, 5) is 35.9. The minimum absolute atomic E-state index is 0.0265. The zero-order chi connectivity index (χ0) is 17.9. The van der Waals surface area contributed by atoms with Gasteiger partial charge < -0.3 is 10.1 Å². The average molecular weight is 376 g/mol. The van der Waals surface area contributed by atoms with Gasteiger partial charge in [0.05, 0.1) is 15.5 Å². The molecular formula is C13H14ClN3O6S. The number of halogens is 1. The zero-order valence-corrected chi connectivity index (χ0v) is 14.1. The Morgan fingerprint density at radius 3 is 2.71 bits per heavy atom. The van der Waals surface area contributed by atoms with Gasteiger partial charge >= 0.3 is 12.0 Å². The minimum atomic E-state index is -3.77. The molecule has 0 saturated carbocycles. The van der Waals surface area contributed by atoms with E-state index in [4.69, 9.17) is 16.3 Å². The average Bonchev–Trinajstić information content (AvgIpc) is 2.98. The van der Waals surface area contributed by atoms with Crippen LogP contribution in [0.4, 0.5) is 4.79 Å². The summed E-state index contributed by atoms with van der Waals surface area (Å²) < 4.78 is 30.4. The number of carbonyl (C=O) groups is 3. The molecule has 2 N–H and O–H groups in total. The van der Waals surface area contributed by atoms with Gasteiger partial charge in [-0.15, -0.1) is 0 Å². The second kappa shape index (κ2) is 7.16. The van der Waals surface area contributed by atoms with E-state index in [1.807, 2.05) is 0 Å². The standard InChI is InChI=1S/C13H14ClN3O6S/c1-15-24(21,22)8-2-3-10(14)9(6-8)12(19)23-7-11(18)17-5-4-16-13(17)20/h2-3,6,15H,4-5,7H2,1H3,(H,16,20). The summed E-state index contributed by atoms with van der Waals surface area (Å²) in [5.41, 5.74) is -0.202.